The number of hydrogen-bond acceptors (Lipinski definition) is 4. The van der Waals surface area contributed by atoms with E-state index < -0.39 is 0 Å². The first-order valence-corrected chi connectivity index (χ1v) is 7.34. The Hall–Kier alpha value is -2.34. The third-order valence-corrected chi connectivity index (χ3v) is 3.56. The van der Waals surface area contributed by atoms with Crippen LogP contribution in [0.4, 0.5) is 0 Å². The molecule has 1 amide bonds. The lowest BCUT2D eigenvalue weighted by Gasteiger charge is -2.02. The summed E-state index contributed by atoms with van der Waals surface area (Å²) in [4.78, 5) is 23.4. The van der Waals surface area contributed by atoms with E-state index in [2.05, 4.69) is 20.3 Å². The third-order valence-electron chi connectivity index (χ3n) is 3.33. The topological polar surface area (TPSA) is 83.8 Å². The molecule has 0 aliphatic carbocycles. The van der Waals surface area contributed by atoms with Crippen molar-refractivity contribution >= 4 is 28.5 Å². The molecule has 3 aromatic rings. The predicted molar refractivity (Wildman–Crippen MR) is 83.0 cm³/mol. The van der Waals surface area contributed by atoms with Crippen molar-refractivity contribution < 1.29 is 9.21 Å². The van der Waals surface area contributed by atoms with E-state index in [0.29, 0.717) is 23.0 Å². The second-order valence-electron chi connectivity index (χ2n) is 4.96. The molecule has 0 aliphatic rings. The maximum Gasteiger partial charge on any atom is 0.273 e. The van der Waals surface area contributed by atoms with Crippen LogP contribution in [-0.4, -0.2) is 27.4 Å². The highest BCUT2D eigenvalue weighted by Crippen LogP contribution is 2.17. The number of imidazole rings is 1. The molecule has 0 unspecified atom stereocenters. The maximum atomic E-state index is 11.8. The molecule has 3 rings (SSSR count). The highest BCUT2D eigenvalue weighted by atomic mass is 35.5. The number of oxazole rings is 1. The van der Waals surface area contributed by atoms with Crippen molar-refractivity contribution in [3.8, 4) is 0 Å². The molecule has 0 radical (unpaired) electrons. The largest absolute Gasteiger partial charge is 0.448 e. The Balaban J connectivity index is 1.52. The average molecular weight is 319 g/mol. The van der Waals surface area contributed by atoms with Gasteiger partial charge in [0.1, 0.15) is 11.6 Å². The Morgan fingerprint density at radius 3 is 3.09 bits per heavy atom. The van der Waals surface area contributed by atoms with Gasteiger partial charge in [-0.1, -0.05) is 11.6 Å². The minimum absolute atomic E-state index is 0.220. The molecule has 7 heteroatoms. The number of carbonyl (C=O) groups excluding carboxylic acids is 1. The van der Waals surface area contributed by atoms with Crippen molar-refractivity contribution in [2.75, 3.05) is 6.54 Å². The third kappa shape index (κ3) is 3.12. The molecule has 2 heterocycles. The summed E-state index contributed by atoms with van der Waals surface area (Å²) < 4.78 is 5.01. The van der Waals surface area contributed by atoms with Crippen molar-refractivity contribution in [3.63, 3.8) is 0 Å². The lowest BCUT2D eigenvalue weighted by molar-refractivity contribution is 0.0947. The molecule has 22 heavy (non-hydrogen) atoms. The summed E-state index contributed by atoms with van der Waals surface area (Å²) in [6, 6.07) is 5.55. The number of aromatic amines is 1. The smallest absolute Gasteiger partial charge is 0.273 e. The van der Waals surface area contributed by atoms with E-state index in [1.165, 1.54) is 6.39 Å². The van der Waals surface area contributed by atoms with Gasteiger partial charge in [-0.25, -0.2) is 9.97 Å². The fourth-order valence-electron chi connectivity index (χ4n) is 2.22. The van der Waals surface area contributed by atoms with Crippen LogP contribution in [0.2, 0.25) is 5.02 Å². The summed E-state index contributed by atoms with van der Waals surface area (Å²) in [5.74, 6) is 1.18. The highest BCUT2D eigenvalue weighted by Gasteiger charge is 2.12. The summed E-state index contributed by atoms with van der Waals surface area (Å²) >= 11 is 5.94. The number of benzene rings is 1. The van der Waals surface area contributed by atoms with Gasteiger partial charge in [-0.15, -0.1) is 0 Å². The summed E-state index contributed by atoms with van der Waals surface area (Å²) in [5, 5.41) is 3.49. The van der Waals surface area contributed by atoms with Crippen LogP contribution >= 0.6 is 11.6 Å². The van der Waals surface area contributed by atoms with Crippen molar-refractivity contribution in [2.45, 2.75) is 19.8 Å². The number of nitrogens with zero attached hydrogens (tertiary/aromatic N) is 2. The Bertz CT molecular complexity index is 809. The molecule has 0 fully saturated rings. The minimum atomic E-state index is -0.220. The lowest BCUT2D eigenvalue weighted by Crippen LogP contribution is -2.25. The van der Waals surface area contributed by atoms with Crippen LogP contribution < -0.4 is 5.32 Å². The monoisotopic (exact) mass is 318 g/mol. The number of amides is 1. The van der Waals surface area contributed by atoms with Gasteiger partial charge in [0.2, 0.25) is 0 Å². The summed E-state index contributed by atoms with van der Waals surface area (Å²) in [6.45, 7) is 2.25. The van der Waals surface area contributed by atoms with Crippen LogP contribution in [0.1, 0.15) is 28.5 Å². The van der Waals surface area contributed by atoms with Crippen molar-refractivity contribution in [3.05, 3.63) is 46.9 Å². The minimum Gasteiger partial charge on any atom is -0.448 e. The van der Waals surface area contributed by atoms with Crippen molar-refractivity contribution in [1.29, 1.82) is 0 Å². The fraction of sp³-hybridized carbons (Fsp3) is 0.267. The molecule has 0 spiro atoms. The van der Waals surface area contributed by atoms with E-state index >= 15 is 0 Å². The lowest BCUT2D eigenvalue weighted by atomic mass is 10.3. The van der Waals surface area contributed by atoms with Gasteiger partial charge in [0.05, 0.1) is 11.0 Å². The molecule has 0 aliphatic heterocycles. The summed E-state index contributed by atoms with van der Waals surface area (Å²) in [6.07, 6.45) is 2.78. The van der Waals surface area contributed by atoms with E-state index in [-0.39, 0.29) is 5.91 Å². The van der Waals surface area contributed by atoms with Crippen LogP contribution in [0.3, 0.4) is 0 Å². The Morgan fingerprint density at radius 2 is 2.32 bits per heavy atom. The Morgan fingerprint density at radius 1 is 1.45 bits per heavy atom. The molecule has 0 saturated carbocycles. The SMILES string of the molecule is Cc1ocnc1C(=O)NCCCc1nc2ccc(Cl)cc2[nH]1. The van der Waals surface area contributed by atoms with Gasteiger partial charge in [-0.2, -0.15) is 0 Å². The normalized spacial score (nSPS) is 11.0. The van der Waals surface area contributed by atoms with E-state index in [4.69, 9.17) is 16.0 Å². The quantitative estimate of drug-likeness (QED) is 0.708. The number of H-pyrrole nitrogens is 1. The number of aromatic nitrogens is 3. The van der Waals surface area contributed by atoms with Gasteiger partial charge in [0, 0.05) is 18.0 Å². The fourth-order valence-corrected chi connectivity index (χ4v) is 2.39. The van der Waals surface area contributed by atoms with Gasteiger partial charge in [0.15, 0.2) is 12.1 Å². The first-order chi connectivity index (χ1) is 10.6. The number of hydrogen-bond donors (Lipinski definition) is 2. The molecular formula is C15H15ClN4O2. The number of fused-ring (bicyclic) bond motifs is 1. The number of nitrogens with one attached hydrogen (secondary N) is 2. The van der Waals surface area contributed by atoms with E-state index in [0.717, 1.165) is 29.7 Å². The van der Waals surface area contributed by atoms with Crippen molar-refractivity contribution in [2.24, 2.45) is 0 Å². The second-order valence-corrected chi connectivity index (χ2v) is 5.40. The summed E-state index contributed by atoms with van der Waals surface area (Å²) in [5.41, 5.74) is 2.14. The van der Waals surface area contributed by atoms with Crippen molar-refractivity contribution in [1.82, 2.24) is 20.3 Å². The average Bonchev–Trinajstić information content (AvgIpc) is 3.08. The molecule has 1 aromatic carbocycles. The van der Waals surface area contributed by atoms with Crippen LogP contribution in [0.15, 0.2) is 29.0 Å². The number of halogens is 1. The van der Waals surface area contributed by atoms with Gasteiger partial charge in [-0.3, -0.25) is 4.79 Å². The van der Waals surface area contributed by atoms with Gasteiger partial charge < -0.3 is 14.7 Å². The number of rotatable bonds is 5. The van der Waals surface area contributed by atoms with E-state index in [9.17, 15) is 4.79 Å². The van der Waals surface area contributed by atoms with Gasteiger partial charge >= 0.3 is 0 Å². The molecule has 0 atom stereocenters. The first kappa shape index (κ1) is 14.6. The second kappa shape index (κ2) is 6.19. The zero-order valence-electron chi connectivity index (χ0n) is 12.0. The maximum absolute atomic E-state index is 11.8. The Labute approximate surface area is 131 Å². The van der Waals surface area contributed by atoms with Crippen LogP contribution in [0.5, 0.6) is 0 Å². The molecule has 2 N–H and O–H groups in total. The molecule has 2 aromatic heterocycles. The van der Waals surface area contributed by atoms with E-state index in [1.54, 1.807) is 6.92 Å². The molecule has 6 nitrogen and oxygen atoms in total. The molecular weight excluding hydrogens is 304 g/mol. The molecule has 114 valence electrons. The summed E-state index contributed by atoms with van der Waals surface area (Å²) in [7, 11) is 0. The van der Waals surface area contributed by atoms with Crippen LogP contribution in [0, 0.1) is 6.92 Å². The van der Waals surface area contributed by atoms with Gasteiger partial charge in [0.25, 0.3) is 5.91 Å². The van der Waals surface area contributed by atoms with Gasteiger partial charge in [-0.05, 0) is 31.5 Å². The molecule has 0 saturated heterocycles. The highest BCUT2D eigenvalue weighted by molar-refractivity contribution is 6.31. The molecule has 0 bridgehead atoms. The number of carbonyl (C=O) groups is 1. The van der Waals surface area contributed by atoms with Crippen LogP contribution in [0.25, 0.3) is 11.0 Å². The number of aryl methyl sites for hydroxylation is 2. The van der Waals surface area contributed by atoms with Crippen LogP contribution in [-0.2, 0) is 6.42 Å². The zero-order chi connectivity index (χ0) is 15.5. The zero-order valence-corrected chi connectivity index (χ0v) is 12.8. The Kier molecular flexibility index (Phi) is 4.11. The first-order valence-electron chi connectivity index (χ1n) is 6.96. The van der Waals surface area contributed by atoms with E-state index in [1.807, 2.05) is 18.2 Å². The standard InChI is InChI=1S/C15H15ClN4O2/c1-9-14(18-8-22-9)15(21)17-6-2-3-13-19-11-5-4-10(16)7-12(11)20-13/h4-5,7-8H,2-3,6H2,1H3,(H,17,21)(H,19,20). The predicted octanol–water partition coefficient (Wildman–Crippen LogP) is 2.88.